The number of oxime groups is 1. The molecule has 1 unspecified atom stereocenters. The zero-order valence-corrected chi connectivity index (χ0v) is 19.6. The van der Waals surface area contributed by atoms with Crippen molar-refractivity contribution in [3.05, 3.63) is 82.4 Å². The predicted octanol–water partition coefficient (Wildman–Crippen LogP) is 4.62. The summed E-state index contributed by atoms with van der Waals surface area (Å²) in [5.74, 6) is 1.05. The summed E-state index contributed by atoms with van der Waals surface area (Å²) < 4.78 is 19.1. The zero-order valence-electron chi connectivity index (χ0n) is 18.9. The molecule has 1 aliphatic heterocycles. The van der Waals surface area contributed by atoms with E-state index in [-0.39, 0.29) is 18.5 Å². The first-order valence-electron chi connectivity index (χ1n) is 11.1. The number of nitrogens with one attached hydrogen (secondary N) is 3. The van der Waals surface area contributed by atoms with Gasteiger partial charge in [-0.15, -0.1) is 0 Å². The second kappa shape index (κ2) is 11.7. The maximum absolute atomic E-state index is 13.4. The van der Waals surface area contributed by atoms with Crippen LogP contribution in [-0.4, -0.2) is 37.8 Å². The lowest BCUT2D eigenvalue weighted by atomic mass is 9.94. The molecule has 3 N–H and O–H groups in total. The van der Waals surface area contributed by atoms with Crippen molar-refractivity contribution in [2.75, 3.05) is 25.0 Å². The van der Waals surface area contributed by atoms with Gasteiger partial charge in [0.1, 0.15) is 30.6 Å². The molecule has 2 aromatic carbocycles. The molecule has 0 saturated carbocycles. The normalized spacial score (nSPS) is 18.0. The number of ether oxygens (including phenoxy) is 1. The van der Waals surface area contributed by atoms with Crippen molar-refractivity contribution in [3.63, 3.8) is 0 Å². The van der Waals surface area contributed by atoms with Gasteiger partial charge in [0.15, 0.2) is 0 Å². The lowest BCUT2D eigenvalue weighted by Crippen LogP contribution is -2.31. The number of hydrogen-bond donors (Lipinski definition) is 3. The quantitative estimate of drug-likeness (QED) is 0.339. The Morgan fingerprint density at radius 2 is 2.18 bits per heavy atom. The van der Waals surface area contributed by atoms with Crippen LogP contribution in [0.1, 0.15) is 18.9 Å². The van der Waals surface area contributed by atoms with Gasteiger partial charge >= 0.3 is 0 Å². The highest BCUT2D eigenvalue weighted by Gasteiger charge is 2.24. The SMILES string of the molecule is CCNCCON=C1C=CC2N=CNC(Nc3ccc(OCc4cccc(F)c4)c(Cl)c3)=C2C1. The third kappa shape index (κ3) is 6.36. The Balaban J connectivity index is 1.41. The van der Waals surface area contributed by atoms with Gasteiger partial charge in [-0.05, 0) is 48.5 Å². The summed E-state index contributed by atoms with van der Waals surface area (Å²) in [4.78, 5) is 9.91. The van der Waals surface area contributed by atoms with E-state index in [0.29, 0.717) is 23.8 Å². The summed E-state index contributed by atoms with van der Waals surface area (Å²) in [6.45, 7) is 4.45. The Hall–Kier alpha value is -3.36. The van der Waals surface area contributed by atoms with Crippen LogP contribution in [0.3, 0.4) is 0 Å². The van der Waals surface area contributed by atoms with Gasteiger partial charge < -0.3 is 25.5 Å². The smallest absolute Gasteiger partial charge is 0.138 e. The number of nitrogens with zero attached hydrogens (tertiary/aromatic N) is 2. The van der Waals surface area contributed by atoms with Gasteiger partial charge in [-0.3, -0.25) is 4.99 Å². The summed E-state index contributed by atoms with van der Waals surface area (Å²) in [5.41, 5.74) is 3.42. The number of anilines is 1. The topological polar surface area (TPSA) is 79.3 Å². The van der Waals surface area contributed by atoms with Gasteiger partial charge in [-0.1, -0.05) is 41.9 Å². The van der Waals surface area contributed by atoms with Crippen molar-refractivity contribution in [3.8, 4) is 5.75 Å². The maximum Gasteiger partial charge on any atom is 0.138 e. The minimum Gasteiger partial charge on any atom is -0.487 e. The second-order valence-corrected chi connectivity index (χ2v) is 8.17. The molecule has 2 aliphatic rings. The number of fused-ring (bicyclic) bond motifs is 1. The molecule has 4 rings (SSSR count). The number of hydrogen-bond acceptors (Lipinski definition) is 7. The molecule has 0 fully saturated rings. The predicted molar refractivity (Wildman–Crippen MR) is 134 cm³/mol. The minimum absolute atomic E-state index is 0.0613. The van der Waals surface area contributed by atoms with Gasteiger partial charge in [0.05, 0.1) is 23.1 Å². The van der Waals surface area contributed by atoms with Crippen LogP contribution in [0.2, 0.25) is 5.02 Å². The Kier molecular flexibility index (Phi) is 8.17. The average Bonchev–Trinajstić information content (AvgIpc) is 2.84. The fourth-order valence-electron chi connectivity index (χ4n) is 3.56. The molecule has 0 radical (unpaired) electrons. The number of benzene rings is 2. The third-order valence-corrected chi connectivity index (χ3v) is 5.55. The number of allylic oxidation sites excluding steroid dienone is 1. The summed E-state index contributed by atoms with van der Waals surface area (Å²) >= 11 is 6.44. The maximum atomic E-state index is 13.4. The number of rotatable bonds is 10. The first kappa shape index (κ1) is 23.8. The van der Waals surface area contributed by atoms with Crippen molar-refractivity contribution >= 4 is 29.3 Å². The first-order valence-corrected chi connectivity index (χ1v) is 11.5. The molecular weight excluding hydrogens is 457 g/mol. The van der Waals surface area contributed by atoms with Crippen LogP contribution in [-0.2, 0) is 11.4 Å². The van der Waals surface area contributed by atoms with E-state index in [0.717, 1.165) is 41.4 Å². The van der Waals surface area contributed by atoms with Crippen LogP contribution < -0.4 is 20.7 Å². The van der Waals surface area contributed by atoms with Crippen molar-refractivity contribution in [1.29, 1.82) is 0 Å². The van der Waals surface area contributed by atoms with E-state index in [1.807, 2.05) is 25.1 Å². The molecule has 1 atom stereocenters. The molecule has 178 valence electrons. The Bertz CT molecular complexity index is 1130. The van der Waals surface area contributed by atoms with E-state index >= 15 is 0 Å². The van der Waals surface area contributed by atoms with E-state index in [1.165, 1.54) is 12.1 Å². The summed E-state index contributed by atoms with van der Waals surface area (Å²) in [6.07, 6.45) is 6.23. The monoisotopic (exact) mass is 483 g/mol. The van der Waals surface area contributed by atoms with Crippen LogP contribution in [0, 0.1) is 5.82 Å². The van der Waals surface area contributed by atoms with Crippen molar-refractivity contribution in [1.82, 2.24) is 10.6 Å². The lowest BCUT2D eigenvalue weighted by Gasteiger charge is -2.26. The number of likely N-dealkylation sites (N-methyl/N-ethyl adjacent to an activating group) is 1. The molecule has 0 spiro atoms. The van der Waals surface area contributed by atoms with Crippen molar-refractivity contribution in [2.45, 2.75) is 26.0 Å². The van der Waals surface area contributed by atoms with E-state index < -0.39 is 0 Å². The Labute approximate surface area is 203 Å². The minimum atomic E-state index is -0.297. The molecule has 7 nitrogen and oxygen atoms in total. The van der Waals surface area contributed by atoms with E-state index in [4.69, 9.17) is 21.2 Å². The Morgan fingerprint density at radius 1 is 1.26 bits per heavy atom. The van der Waals surface area contributed by atoms with Crippen LogP contribution in [0.4, 0.5) is 10.1 Å². The van der Waals surface area contributed by atoms with Crippen LogP contribution in [0.15, 0.2) is 76.2 Å². The third-order valence-electron chi connectivity index (χ3n) is 5.25. The molecule has 0 bridgehead atoms. The molecule has 2 aromatic rings. The van der Waals surface area contributed by atoms with E-state index in [1.54, 1.807) is 30.6 Å². The number of aliphatic imine (C=N–C) groups is 1. The number of halogens is 2. The second-order valence-electron chi connectivity index (χ2n) is 7.76. The average molecular weight is 484 g/mol. The molecule has 1 aliphatic carbocycles. The van der Waals surface area contributed by atoms with Gasteiger partial charge in [0.25, 0.3) is 0 Å². The molecule has 0 amide bonds. The Morgan fingerprint density at radius 3 is 3.00 bits per heavy atom. The summed E-state index contributed by atoms with van der Waals surface area (Å²) in [5, 5.41) is 14.5. The fourth-order valence-corrected chi connectivity index (χ4v) is 3.79. The fraction of sp³-hybridized carbons (Fsp3) is 0.280. The van der Waals surface area contributed by atoms with Crippen molar-refractivity contribution < 1.29 is 14.0 Å². The molecular formula is C25H27ClFN5O2. The van der Waals surface area contributed by atoms with Gasteiger partial charge in [-0.2, -0.15) is 0 Å². The molecule has 1 heterocycles. The molecule has 9 heteroatoms. The first-order chi connectivity index (χ1) is 16.6. The van der Waals surface area contributed by atoms with E-state index in [2.05, 4.69) is 26.1 Å². The van der Waals surface area contributed by atoms with Crippen LogP contribution in [0.25, 0.3) is 0 Å². The van der Waals surface area contributed by atoms with Gasteiger partial charge in [-0.25, -0.2) is 4.39 Å². The lowest BCUT2D eigenvalue weighted by molar-refractivity contribution is 0.146. The van der Waals surface area contributed by atoms with Gasteiger partial charge in [0.2, 0.25) is 0 Å². The highest BCUT2D eigenvalue weighted by molar-refractivity contribution is 6.32. The highest BCUT2D eigenvalue weighted by Crippen LogP contribution is 2.30. The van der Waals surface area contributed by atoms with Crippen LogP contribution in [0.5, 0.6) is 5.75 Å². The van der Waals surface area contributed by atoms with Crippen molar-refractivity contribution in [2.24, 2.45) is 10.1 Å². The molecule has 34 heavy (non-hydrogen) atoms. The largest absolute Gasteiger partial charge is 0.487 e. The van der Waals surface area contributed by atoms with Gasteiger partial charge in [0, 0.05) is 24.2 Å². The zero-order chi connectivity index (χ0) is 23.8. The van der Waals surface area contributed by atoms with Crippen LogP contribution >= 0.6 is 11.6 Å². The van der Waals surface area contributed by atoms with E-state index in [9.17, 15) is 4.39 Å². The molecule has 0 saturated heterocycles. The summed E-state index contributed by atoms with van der Waals surface area (Å²) in [6, 6.07) is 11.7. The summed E-state index contributed by atoms with van der Waals surface area (Å²) in [7, 11) is 0. The molecule has 0 aromatic heterocycles. The standard InChI is InChI=1S/C25H27ClFN5O2/c1-2-28-10-11-34-32-20-6-8-23-21(13-20)25(30-16-29-23)31-19-7-9-24(22(26)14-19)33-15-17-4-3-5-18(27)12-17/h3-9,12,14,16,23,28,31H,2,10-11,13,15H2,1H3,(H,29,30). The highest BCUT2D eigenvalue weighted by atomic mass is 35.5.